The van der Waals surface area contributed by atoms with Crippen molar-refractivity contribution in [2.24, 2.45) is 5.92 Å². The average Bonchev–Trinajstić information content (AvgIpc) is 2.62. The van der Waals surface area contributed by atoms with Crippen LogP contribution >= 0.6 is 0 Å². The summed E-state index contributed by atoms with van der Waals surface area (Å²) in [7, 11) is 0. The normalized spacial score (nSPS) is 13.4. The summed E-state index contributed by atoms with van der Waals surface area (Å²) in [6.45, 7) is 12.3. The van der Waals surface area contributed by atoms with E-state index in [1.54, 1.807) is 13.8 Å². The number of hydrogen-bond acceptors (Lipinski definition) is 6. The molecular formula is C20H40N4O4. The quantitative estimate of drug-likeness (QED) is 0.231. The Hall–Kier alpha value is -1.51. The third-order valence-corrected chi connectivity index (χ3v) is 4.53. The predicted octanol–water partition coefficient (Wildman–Crippen LogP) is 1.47. The van der Waals surface area contributed by atoms with Crippen molar-refractivity contribution >= 4 is 17.6 Å². The lowest BCUT2D eigenvalue weighted by molar-refractivity contribution is -0.133. The summed E-state index contributed by atoms with van der Waals surface area (Å²) >= 11 is 0. The maximum absolute atomic E-state index is 12.4. The molecule has 0 spiro atoms. The lowest BCUT2D eigenvalue weighted by atomic mass is 10.0. The number of hydroxylamine groups is 1. The van der Waals surface area contributed by atoms with Crippen LogP contribution in [0.15, 0.2) is 0 Å². The van der Waals surface area contributed by atoms with E-state index in [1.807, 2.05) is 5.48 Å². The van der Waals surface area contributed by atoms with Gasteiger partial charge in [0.2, 0.25) is 11.8 Å². The highest BCUT2D eigenvalue weighted by Gasteiger charge is 2.27. The van der Waals surface area contributed by atoms with E-state index in [0.717, 1.165) is 45.3 Å². The molecule has 0 aliphatic carbocycles. The van der Waals surface area contributed by atoms with E-state index < -0.39 is 18.0 Å². The van der Waals surface area contributed by atoms with E-state index in [1.165, 1.54) is 6.92 Å². The van der Waals surface area contributed by atoms with E-state index >= 15 is 0 Å². The smallest absolute Gasteiger partial charge is 0.242 e. The number of nitrogens with zero attached hydrogens (tertiary/aromatic N) is 1. The van der Waals surface area contributed by atoms with E-state index in [9.17, 15) is 19.6 Å². The molecule has 8 heteroatoms. The molecule has 0 unspecified atom stereocenters. The van der Waals surface area contributed by atoms with Gasteiger partial charge in [-0.1, -0.05) is 27.7 Å². The Morgan fingerprint density at radius 1 is 0.964 bits per heavy atom. The SMILES string of the molecule is CCCN(CCC)CCCC[C@H](NC(=O)[C@@H](NO)C(C)C)C(=O)NCC(C)=O. The van der Waals surface area contributed by atoms with Gasteiger partial charge in [0.05, 0.1) is 6.54 Å². The van der Waals surface area contributed by atoms with Gasteiger partial charge >= 0.3 is 0 Å². The highest BCUT2D eigenvalue weighted by atomic mass is 16.5. The third kappa shape index (κ3) is 11.4. The second-order valence-electron chi connectivity index (χ2n) is 7.67. The van der Waals surface area contributed by atoms with Crippen LogP contribution in [0.3, 0.4) is 0 Å². The van der Waals surface area contributed by atoms with Gasteiger partial charge in [0, 0.05) is 0 Å². The summed E-state index contributed by atoms with van der Waals surface area (Å²) in [4.78, 5) is 38.4. The lowest BCUT2D eigenvalue weighted by Gasteiger charge is -2.24. The highest BCUT2D eigenvalue weighted by molar-refractivity contribution is 5.91. The van der Waals surface area contributed by atoms with Crippen molar-refractivity contribution in [3.05, 3.63) is 0 Å². The number of nitrogens with one attached hydrogen (secondary N) is 3. The van der Waals surface area contributed by atoms with Crippen LogP contribution in [0.5, 0.6) is 0 Å². The number of hydrogen-bond donors (Lipinski definition) is 4. The number of carbonyl (C=O) groups is 3. The van der Waals surface area contributed by atoms with Crippen molar-refractivity contribution < 1.29 is 19.6 Å². The molecule has 0 aliphatic rings. The first-order chi connectivity index (χ1) is 13.3. The van der Waals surface area contributed by atoms with E-state index in [0.29, 0.717) is 6.42 Å². The first-order valence-corrected chi connectivity index (χ1v) is 10.5. The van der Waals surface area contributed by atoms with Crippen molar-refractivity contribution in [1.29, 1.82) is 0 Å². The summed E-state index contributed by atoms with van der Waals surface area (Å²) in [5.41, 5.74) is 2.00. The van der Waals surface area contributed by atoms with Crippen LogP contribution in [-0.4, -0.2) is 66.0 Å². The van der Waals surface area contributed by atoms with E-state index in [-0.39, 0.29) is 24.2 Å². The average molecular weight is 401 g/mol. The summed E-state index contributed by atoms with van der Waals surface area (Å²) < 4.78 is 0. The molecular weight excluding hydrogens is 360 g/mol. The number of carbonyl (C=O) groups excluding carboxylic acids is 3. The maximum atomic E-state index is 12.4. The zero-order valence-electron chi connectivity index (χ0n) is 18.2. The number of rotatable bonds is 16. The Labute approximate surface area is 169 Å². The minimum Gasteiger partial charge on any atom is -0.347 e. The third-order valence-electron chi connectivity index (χ3n) is 4.53. The van der Waals surface area contributed by atoms with Gasteiger partial charge in [-0.2, -0.15) is 5.48 Å². The number of Topliss-reactive ketones (excluding diaryl/α,β-unsaturated/α-hetero) is 1. The van der Waals surface area contributed by atoms with Gasteiger partial charge in [-0.3, -0.25) is 14.4 Å². The molecule has 0 aromatic rings. The summed E-state index contributed by atoms with van der Waals surface area (Å²) in [5.74, 6) is -1.09. The Morgan fingerprint density at radius 2 is 1.57 bits per heavy atom. The zero-order chi connectivity index (χ0) is 21.5. The van der Waals surface area contributed by atoms with Gasteiger partial charge in [0.25, 0.3) is 0 Å². The molecule has 0 saturated carbocycles. The summed E-state index contributed by atoms with van der Waals surface area (Å²) in [6, 6.07) is -1.53. The van der Waals surface area contributed by atoms with Crippen LogP contribution in [-0.2, 0) is 14.4 Å². The monoisotopic (exact) mass is 400 g/mol. The Morgan fingerprint density at radius 3 is 2.04 bits per heavy atom. The molecule has 2 amide bonds. The van der Waals surface area contributed by atoms with Crippen molar-refractivity contribution in [3.63, 3.8) is 0 Å². The van der Waals surface area contributed by atoms with Gasteiger partial charge < -0.3 is 20.7 Å². The minimum atomic E-state index is -0.798. The molecule has 2 atom stereocenters. The molecule has 0 heterocycles. The van der Waals surface area contributed by atoms with Crippen molar-refractivity contribution in [1.82, 2.24) is 21.0 Å². The van der Waals surface area contributed by atoms with Crippen molar-refractivity contribution in [2.45, 2.75) is 78.8 Å². The largest absolute Gasteiger partial charge is 0.347 e. The molecule has 0 radical (unpaired) electrons. The van der Waals surface area contributed by atoms with Crippen molar-refractivity contribution in [2.75, 3.05) is 26.2 Å². The first-order valence-electron chi connectivity index (χ1n) is 10.5. The standard InChI is InChI=1S/C20H40N4O4/c1-6-11-24(12-7-2)13-9-8-10-17(19(26)21-14-16(5)25)22-20(27)18(23-28)15(3)4/h15,17-18,23,28H,6-14H2,1-5H3,(H,21,26)(H,22,27)/t17-,18-/m0/s1. The molecule has 0 rings (SSSR count). The second kappa shape index (κ2) is 15.4. The molecule has 0 fully saturated rings. The fourth-order valence-electron chi connectivity index (χ4n) is 3.03. The molecule has 0 saturated heterocycles. The van der Waals surface area contributed by atoms with E-state index in [4.69, 9.17) is 0 Å². The van der Waals surface area contributed by atoms with Crippen LogP contribution in [0.2, 0.25) is 0 Å². The topological polar surface area (TPSA) is 111 Å². The molecule has 164 valence electrons. The summed E-state index contributed by atoms with van der Waals surface area (Å²) in [6.07, 6.45) is 4.41. The highest BCUT2D eigenvalue weighted by Crippen LogP contribution is 2.07. The predicted molar refractivity (Wildman–Crippen MR) is 110 cm³/mol. The van der Waals surface area contributed by atoms with Crippen LogP contribution in [0.4, 0.5) is 0 Å². The first kappa shape index (κ1) is 26.5. The zero-order valence-corrected chi connectivity index (χ0v) is 18.2. The molecule has 0 aliphatic heterocycles. The molecule has 8 nitrogen and oxygen atoms in total. The second-order valence-corrected chi connectivity index (χ2v) is 7.67. The molecule has 4 N–H and O–H groups in total. The van der Waals surface area contributed by atoms with Gasteiger partial charge in [0.15, 0.2) is 0 Å². The Kier molecular flexibility index (Phi) is 14.6. The van der Waals surface area contributed by atoms with Gasteiger partial charge in [-0.25, -0.2) is 0 Å². The Bertz CT molecular complexity index is 465. The number of unbranched alkanes of at least 4 members (excludes halogenated alkanes) is 1. The molecule has 0 aromatic heterocycles. The van der Waals surface area contributed by atoms with Crippen LogP contribution in [0, 0.1) is 5.92 Å². The fraction of sp³-hybridized carbons (Fsp3) is 0.850. The minimum absolute atomic E-state index is 0.0577. The van der Waals surface area contributed by atoms with Crippen molar-refractivity contribution in [3.8, 4) is 0 Å². The Balaban J connectivity index is 4.78. The lowest BCUT2D eigenvalue weighted by Crippen LogP contribution is -2.54. The molecule has 0 aromatic carbocycles. The summed E-state index contributed by atoms with van der Waals surface area (Å²) in [5, 5.41) is 14.5. The van der Waals surface area contributed by atoms with Crippen LogP contribution in [0.25, 0.3) is 0 Å². The van der Waals surface area contributed by atoms with Crippen LogP contribution in [0.1, 0.15) is 66.7 Å². The number of amides is 2. The van der Waals surface area contributed by atoms with Gasteiger partial charge in [0.1, 0.15) is 17.9 Å². The fourth-order valence-corrected chi connectivity index (χ4v) is 3.03. The maximum Gasteiger partial charge on any atom is 0.242 e. The van der Waals surface area contributed by atoms with E-state index in [2.05, 4.69) is 29.4 Å². The van der Waals surface area contributed by atoms with Crippen LogP contribution < -0.4 is 16.1 Å². The van der Waals surface area contributed by atoms with Gasteiger partial charge in [-0.05, 0) is 64.6 Å². The molecule has 0 bridgehead atoms. The number of ketones is 1. The van der Waals surface area contributed by atoms with Gasteiger partial charge in [-0.15, -0.1) is 0 Å². The molecule has 28 heavy (non-hydrogen) atoms.